The summed E-state index contributed by atoms with van der Waals surface area (Å²) in [7, 11) is 0. The van der Waals surface area contributed by atoms with Crippen molar-refractivity contribution in [3.8, 4) is 49.6 Å². The SMILES string of the molecule is CC(C)(C)C1c2ccc(-c3ccc4c(c3)C(C(C)(C)C)c3ccc(F)c5c3-c3c(csc3-4)CCC5(F)F)cc2-c2cncn2-c2ccccc21. The number of rotatable bonds is 1. The Kier molecular flexibility index (Phi) is 6.66. The number of nitrogens with zero attached hydrogens (tertiary/aromatic N) is 2. The molecule has 0 N–H and O–H groups in total. The van der Waals surface area contributed by atoms with Crippen LogP contribution in [0.4, 0.5) is 13.2 Å². The van der Waals surface area contributed by atoms with E-state index in [9.17, 15) is 0 Å². The molecule has 0 fully saturated rings. The summed E-state index contributed by atoms with van der Waals surface area (Å²) < 4.78 is 49.5. The molecule has 2 aliphatic carbocycles. The van der Waals surface area contributed by atoms with Gasteiger partial charge in [0.05, 0.1) is 29.5 Å². The molecule has 252 valence electrons. The minimum Gasteiger partial charge on any atom is -0.299 e. The number of fused-ring (bicyclic) bond motifs is 7. The van der Waals surface area contributed by atoms with Gasteiger partial charge in [-0.1, -0.05) is 90.1 Å². The zero-order chi connectivity index (χ0) is 34.9. The summed E-state index contributed by atoms with van der Waals surface area (Å²) >= 11 is 1.59. The van der Waals surface area contributed by atoms with Gasteiger partial charge in [0, 0.05) is 34.3 Å². The Labute approximate surface area is 295 Å². The molecule has 0 amide bonds. The first kappa shape index (κ1) is 31.6. The highest BCUT2D eigenvalue weighted by atomic mass is 32.1. The third-order valence-electron chi connectivity index (χ3n) is 11.1. The van der Waals surface area contributed by atoms with Crippen molar-refractivity contribution >= 4 is 11.3 Å². The maximum atomic E-state index is 15.9. The normalized spacial score (nSPS) is 18.5. The lowest BCUT2D eigenvalue weighted by atomic mass is 9.70. The summed E-state index contributed by atoms with van der Waals surface area (Å²) in [6.07, 6.45) is 3.69. The number of aromatic nitrogens is 2. The van der Waals surface area contributed by atoms with Crippen LogP contribution in [0.15, 0.2) is 90.7 Å². The Hall–Kier alpha value is -4.42. The Morgan fingerprint density at radius 1 is 0.760 bits per heavy atom. The lowest BCUT2D eigenvalue weighted by Crippen LogP contribution is -2.23. The molecule has 0 bridgehead atoms. The number of hydrogen-bond donors (Lipinski definition) is 0. The molecule has 0 spiro atoms. The maximum absolute atomic E-state index is 15.9. The molecule has 2 nitrogen and oxygen atoms in total. The first-order chi connectivity index (χ1) is 23.7. The van der Waals surface area contributed by atoms with E-state index in [-0.39, 0.29) is 29.1 Å². The number of imidazole rings is 1. The topological polar surface area (TPSA) is 17.8 Å². The molecule has 3 aliphatic rings. The largest absolute Gasteiger partial charge is 0.299 e. The standard InChI is InChI=1S/C44H39F3N2S/c1-42(2,3)38-27-13-11-24(19-31(27)35-21-48-23-49(35)34-10-8-7-9-29(34)38)25-12-14-28-32(20-25)39(43(4,5)6)30-15-16-33(45)40-37(30)36-26(22-50-41(28)36)17-18-44(40,46)47/h7-16,19-23,38-39H,17-18H2,1-6H3. The second kappa shape index (κ2) is 10.6. The fourth-order valence-corrected chi connectivity index (χ4v) is 10.3. The smallest absolute Gasteiger partial charge is 0.277 e. The van der Waals surface area contributed by atoms with E-state index in [1.165, 1.54) is 17.2 Å². The van der Waals surface area contributed by atoms with E-state index in [1.54, 1.807) is 17.4 Å². The van der Waals surface area contributed by atoms with Crippen molar-refractivity contribution in [2.45, 2.75) is 72.1 Å². The van der Waals surface area contributed by atoms with Gasteiger partial charge in [0.25, 0.3) is 5.92 Å². The summed E-state index contributed by atoms with van der Waals surface area (Å²) in [5, 5.41) is 2.01. The lowest BCUT2D eigenvalue weighted by Gasteiger charge is -2.34. The van der Waals surface area contributed by atoms with Gasteiger partial charge in [0.15, 0.2) is 0 Å². The predicted molar refractivity (Wildman–Crippen MR) is 198 cm³/mol. The number of halogens is 3. The van der Waals surface area contributed by atoms with E-state index in [0.717, 1.165) is 60.8 Å². The Morgan fingerprint density at radius 2 is 1.46 bits per heavy atom. The van der Waals surface area contributed by atoms with Crippen molar-refractivity contribution in [3.05, 3.63) is 130 Å². The van der Waals surface area contributed by atoms with Crippen molar-refractivity contribution in [1.82, 2.24) is 9.55 Å². The van der Waals surface area contributed by atoms with E-state index < -0.39 is 23.7 Å². The molecule has 6 heteroatoms. The van der Waals surface area contributed by atoms with Gasteiger partial charge < -0.3 is 0 Å². The van der Waals surface area contributed by atoms with Gasteiger partial charge >= 0.3 is 0 Å². The number of aryl methyl sites for hydroxylation is 1. The van der Waals surface area contributed by atoms with E-state index in [2.05, 4.69) is 112 Å². The molecule has 1 aliphatic heterocycles. The van der Waals surface area contributed by atoms with Crippen LogP contribution in [0, 0.1) is 16.6 Å². The third-order valence-corrected chi connectivity index (χ3v) is 12.2. The monoisotopic (exact) mass is 684 g/mol. The fourth-order valence-electron chi connectivity index (χ4n) is 9.16. The molecule has 2 aromatic heterocycles. The van der Waals surface area contributed by atoms with Crippen LogP contribution >= 0.6 is 11.3 Å². The van der Waals surface area contributed by atoms with Gasteiger partial charge in [-0.25, -0.2) is 18.2 Å². The Balaban J connectivity index is 1.29. The van der Waals surface area contributed by atoms with E-state index in [1.807, 2.05) is 17.9 Å². The number of benzene rings is 4. The molecular formula is C44H39F3N2S. The first-order valence-corrected chi connectivity index (χ1v) is 18.3. The number of para-hydroxylation sites is 1. The molecule has 9 rings (SSSR count). The summed E-state index contributed by atoms with van der Waals surface area (Å²) in [6.45, 7) is 13.4. The molecule has 4 aromatic carbocycles. The maximum Gasteiger partial charge on any atom is 0.277 e. The molecule has 2 unspecified atom stereocenters. The second-order valence-electron chi connectivity index (χ2n) is 16.5. The highest BCUT2D eigenvalue weighted by Gasteiger charge is 2.46. The predicted octanol–water partition coefficient (Wildman–Crippen LogP) is 12.8. The van der Waals surface area contributed by atoms with E-state index >= 15 is 13.2 Å². The van der Waals surface area contributed by atoms with E-state index in [4.69, 9.17) is 0 Å². The number of hydrogen-bond acceptors (Lipinski definition) is 2. The molecule has 0 radical (unpaired) electrons. The molecule has 0 saturated heterocycles. The number of alkyl halides is 2. The van der Waals surface area contributed by atoms with Crippen LogP contribution in [0.25, 0.3) is 49.6 Å². The van der Waals surface area contributed by atoms with Crippen LogP contribution < -0.4 is 0 Å². The van der Waals surface area contributed by atoms with Crippen LogP contribution in [0.1, 0.15) is 93.2 Å². The highest BCUT2D eigenvalue weighted by molar-refractivity contribution is 7.14. The molecule has 3 heterocycles. The Bertz CT molecular complexity index is 2360. The molecule has 50 heavy (non-hydrogen) atoms. The highest BCUT2D eigenvalue weighted by Crippen LogP contribution is 2.59. The number of thiophene rings is 1. The van der Waals surface area contributed by atoms with Crippen LogP contribution in [0.5, 0.6) is 0 Å². The minimum absolute atomic E-state index is 0.0454. The first-order valence-electron chi connectivity index (χ1n) is 17.5. The van der Waals surface area contributed by atoms with Gasteiger partial charge in [-0.2, -0.15) is 0 Å². The van der Waals surface area contributed by atoms with Crippen molar-refractivity contribution in [3.63, 3.8) is 0 Å². The molecule has 6 aromatic rings. The minimum atomic E-state index is -3.26. The molecule has 2 atom stereocenters. The quantitative estimate of drug-likeness (QED) is 0.169. The summed E-state index contributed by atoms with van der Waals surface area (Å²) in [6, 6.07) is 25.1. The van der Waals surface area contributed by atoms with Crippen LogP contribution in [-0.2, 0) is 12.3 Å². The van der Waals surface area contributed by atoms with Crippen LogP contribution in [0.3, 0.4) is 0 Å². The van der Waals surface area contributed by atoms with Crippen molar-refractivity contribution in [2.75, 3.05) is 0 Å². The third kappa shape index (κ3) is 4.50. The van der Waals surface area contributed by atoms with Gasteiger partial charge in [-0.3, -0.25) is 4.57 Å². The van der Waals surface area contributed by atoms with Gasteiger partial charge in [0.1, 0.15) is 5.82 Å². The summed E-state index contributed by atoms with van der Waals surface area (Å²) in [5.74, 6) is -4.16. The van der Waals surface area contributed by atoms with Crippen molar-refractivity contribution in [1.29, 1.82) is 0 Å². The van der Waals surface area contributed by atoms with Crippen LogP contribution in [0.2, 0.25) is 0 Å². The van der Waals surface area contributed by atoms with Crippen molar-refractivity contribution in [2.24, 2.45) is 10.8 Å². The Morgan fingerprint density at radius 3 is 2.24 bits per heavy atom. The van der Waals surface area contributed by atoms with Gasteiger partial charge in [0.2, 0.25) is 0 Å². The lowest BCUT2D eigenvalue weighted by molar-refractivity contribution is -0.0150. The van der Waals surface area contributed by atoms with Crippen molar-refractivity contribution < 1.29 is 13.2 Å². The zero-order valence-electron chi connectivity index (χ0n) is 29.2. The molecular weight excluding hydrogens is 646 g/mol. The average molecular weight is 685 g/mol. The molecule has 0 saturated carbocycles. The van der Waals surface area contributed by atoms with E-state index in [0.29, 0.717) is 5.56 Å². The average Bonchev–Trinajstić information content (AvgIpc) is 3.63. The second-order valence-corrected chi connectivity index (χ2v) is 17.3. The summed E-state index contributed by atoms with van der Waals surface area (Å²) in [5.41, 5.74) is 12.2. The van der Waals surface area contributed by atoms with Gasteiger partial charge in [-0.05, 0) is 97.0 Å². The van der Waals surface area contributed by atoms with Gasteiger partial charge in [-0.15, -0.1) is 11.3 Å². The summed E-state index contributed by atoms with van der Waals surface area (Å²) in [4.78, 5) is 5.56. The zero-order valence-corrected chi connectivity index (χ0v) is 30.0. The fraction of sp³-hybridized carbons (Fsp3) is 0.295. The van der Waals surface area contributed by atoms with Crippen LogP contribution in [-0.4, -0.2) is 9.55 Å².